The molecule has 126 valence electrons. The molecule has 0 fully saturated rings. The molecule has 0 spiro atoms. The lowest BCUT2D eigenvalue weighted by atomic mass is 10.2. The van der Waals surface area contributed by atoms with Crippen molar-refractivity contribution >= 4 is 47.7 Å². The molecule has 21 heavy (non-hydrogen) atoms. The number of hydrogen-bond donors (Lipinski definition) is 2. The summed E-state index contributed by atoms with van der Waals surface area (Å²) in [7, 11) is 0. The average molecular weight is 431 g/mol. The van der Waals surface area contributed by atoms with E-state index in [0.29, 0.717) is 5.96 Å². The van der Waals surface area contributed by atoms with Crippen LogP contribution < -0.4 is 10.6 Å². The molecule has 0 aliphatic heterocycles. The molecule has 0 aromatic rings. The minimum atomic E-state index is -0.462. The first-order valence-corrected chi connectivity index (χ1v) is 8.51. The number of rotatable bonds is 8. The molecular formula is C14H30IN3O2S. The Morgan fingerprint density at radius 2 is 1.90 bits per heavy atom. The second-order valence-electron chi connectivity index (χ2n) is 5.41. The van der Waals surface area contributed by atoms with E-state index in [-0.39, 0.29) is 36.5 Å². The van der Waals surface area contributed by atoms with Crippen LogP contribution in [0, 0.1) is 0 Å². The summed E-state index contributed by atoms with van der Waals surface area (Å²) in [5, 5.41) is 6.34. The summed E-state index contributed by atoms with van der Waals surface area (Å²) < 4.78 is 5.22. The van der Waals surface area contributed by atoms with Crippen molar-refractivity contribution in [3.8, 4) is 0 Å². The number of nitrogens with zero attached hydrogens (tertiary/aromatic N) is 1. The summed E-state index contributed by atoms with van der Waals surface area (Å²) in [6, 6.07) is 0. The van der Waals surface area contributed by atoms with Gasteiger partial charge in [0, 0.05) is 13.1 Å². The smallest absolute Gasteiger partial charge is 0.328 e. The van der Waals surface area contributed by atoms with Crippen molar-refractivity contribution in [2.24, 2.45) is 4.99 Å². The zero-order valence-corrected chi connectivity index (χ0v) is 17.0. The van der Waals surface area contributed by atoms with Crippen LogP contribution in [-0.4, -0.2) is 49.2 Å². The van der Waals surface area contributed by atoms with E-state index in [1.165, 1.54) is 12.2 Å². The van der Waals surface area contributed by atoms with Gasteiger partial charge in [0.15, 0.2) is 5.96 Å². The summed E-state index contributed by atoms with van der Waals surface area (Å²) in [6.07, 6.45) is 4.39. The van der Waals surface area contributed by atoms with Crippen LogP contribution in [0.25, 0.3) is 0 Å². The van der Waals surface area contributed by atoms with E-state index in [2.05, 4.69) is 21.9 Å². The number of nitrogens with one attached hydrogen (secondary N) is 2. The lowest BCUT2D eigenvalue weighted by molar-refractivity contribution is -0.152. The molecule has 0 aromatic heterocycles. The quantitative estimate of drug-likeness (QED) is 0.204. The third kappa shape index (κ3) is 16.0. The van der Waals surface area contributed by atoms with E-state index < -0.39 is 5.60 Å². The topological polar surface area (TPSA) is 62.7 Å². The predicted octanol–water partition coefficient (Wildman–Crippen LogP) is 2.64. The lowest BCUT2D eigenvalue weighted by Crippen LogP contribution is -2.38. The summed E-state index contributed by atoms with van der Waals surface area (Å²) in [5.74, 6) is 1.53. The van der Waals surface area contributed by atoms with Gasteiger partial charge >= 0.3 is 5.97 Å². The van der Waals surface area contributed by atoms with Crippen molar-refractivity contribution in [3.63, 3.8) is 0 Å². The van der Waals surface area contributed by atoms with Crippen LogP contribution in [0.5, 0.6) is 0 Å². The van der Waals surface area contributed by atoms with E-state index in [0.717, 1.165) is 19.5 Å². The van der Waals surface area contributed by atoms with Crippen LogP contribution in [0.2, 0.25) is 0 Å². The van der Waals surface area contributed by atoms with Crippen molar-refractivity contribution in [1.29, 1.82) is 0 Å². The van der Waals surface area contributed by atoms with Crippen molar-refractivity contribution in [3.05, 3.63) is 0 Å². The predicted molar refractivity (Wildman–Crippen MR) is 103 cm³/mol. The van der Waals surface area contributed by atoms with Crippen LogP contribution >= 0.6 is 35.7 Å². The van der Waals surface area contributed by atoms with Gasteiger partial charge in [-0.05, 0) is 52.5 Å². The van der Waals surface area contributed by atoms with E-state index >= 15 is 0 Å². The van der Waals surface area contributed by atoms with Crippen LogP contribution in [0.3, 0.4) is 0 Å². The Morgan fingerprint density at radius 3 is 2.43 bits per heavy atom. The molecule has 7 heteroatoms. The molecule has 0 bridgehead atoms. The number of ether oxygens (including phenoxy) is 1. The molecule has 0 aromatic carbocycles. The molecule has 0 heterocycles. The first-order chi connectivity index (χ1) is 9.39. The molecule has 2 N–H and O–H groups in total. The Morgan fingerprint density at radius 1 is 1.24 bits per heavy atom. The Bertz CT molecular complexity index is 307. The highest BCUT2D eigenvalue weighted by Gasteiger charge is 2.15. The Labute approximate surface area is 150 Å². The standard InChI is InChI=1S/C14H29N3O2S.HI/c1-6-15-13(16-9-7-8-10-20-5)17-11-12(18)19-14(2,3)4;/h6-11H2,1-5H3,(H2,15,16,17);1H. The van der Waals surface area contributed by atoms with Crippen molar-refractivity contribution in [1.82, 2.24) is 10.6 Å². The Hall–Kier alpha value is -0.180. The van der Waals surface area contributed by atoms with E-state index in [4.69, 9.17) is 4.74 Å². The van der Waals surface area contributed by atoms with Crippen molar-refractivity contribution in [2.45, 2.75) is 46.1 Å². The average Bonchev–Trinajstić information content (AvgIpc) is 2.33. The maximum Gasteiger partial charge on any atom is 0.328 e. The molecule has 0 atom stereocenters. The summed E-state index contributed by atoms with van der Waals surface area (Å²) >= 11 is 1.86. The van der Waals surface area contributed by atoms with Gasteiger partial charge in [-0.1, -0.05) is 0 Å². The minimum Gasteiger partial charge on any atom is -0.459 e. The largest absolute Gasteiger partial charge is 0.459 e. The third-order valence-corrected chi connectivity index (χ3v) is 2.90. The van der Waals surface area contributed by atoms with Gasteiger partial charge in [-0.3, -0.25) is 4.79 Å². The molecule has 0 amide bonds. The molecule has 5 nitrogen and oxygen atoms in total. The number of guanidine groups is 1. The monoisotopic (exact) mass is 431 g/mol. The lowest BCUT2D eigenvalue weighted by Gasteiger charge is -2.19. The fourth-order valence-electron chi connectivity index (χ4n) is 1.44. The number of carbonyl (C=O) groups excluding carboxylic acids is 1. The van der Waals surface area contributed by atoms with Crippen molar-refractivity contribution < 1.29 is 9.53 Å². The highest BCUT2D eigenvalue weighted by atomic mass is 127. The molecule has 0 rings (SSSR count). The van der Waals surface area contributed by atoms with Gasteiger partial charge in [-0.25, -0.2) is 4.99 Å². The second kappa shape index (κ2) is 13.5. The number of aliphatic imine (C=N–C) groups is 1. The number of halogens is 1. The highest BCUT2D eigenvalue weighted by Crippen LogP contribution is 2.06. The highest BCUT2D eigenvalue weighted by molar-refractivity contribution is 14.0. The SMILES string of the molecule is CCNC(=NCC(=O)OC(C)(C)C)NCCCCSC.I. The fraction of sp³-hybridized carbons (Fsp3) is 0.857. The Balaban J connectivity index is 0. The summed E-state index contributed by atoms with van der Waals surface area (Å²) in [6.45, 7) is 9.22. The van der Waals surface area contributed by atoms with E-state index in [1.807, 2.05) is 39.5 Å². The number of esters is 1. The Kier molecular flexibility index (Phi) is 14.8. The van der Waals surface area contributed by atoms with Gasteiger partial charge in [0.25, 0.3) is 0 Å². The molecule has 0 aliphatic carbocycles. The van der Waals surface area contributed by atoms with Gasteiger partial charge in [-0.15, -0.1) is 24.0 Å². The molecule has 0 saturated carbocycles. The first kappa shape index (κ1) is 23.1. The third-order valence-electron chi connectivity index (χ3n) is 2.20. The number of unbranched alkanes of at least 4 members (excludes halogenated alkanes) is 1. The van der Waals surface area contributed by atoms with Gasteiger partial charge in [-0.2, -0.15) is 11.8 Å². The normalized spacial score (nSPS) is 11.6. The molecule has 0 aliphatic rings. The maximum absolute atomic E-state index is 11.6. The van der Waals surface area contributed by atoms with Crippen LogP contribution in [0.15, 0.2) is 4.99 Å². The molecule has 0 unspecified atom stereocenters. The molecule has 0 radical (unpaired) electrons. The minimum absolute atomic E-state index is 0. The first-order valence-electron chi connectivity index (χ1n) is 7.12. The fourth-order valence-corrected chi connectivity index (χ4v) is 1.93. The van der Waals surface area contributed by atoms with Crippen LogP contribution in [0.1, 0.15) is 40.5 Å². The zero-order chi connectivity index (χ0) is 15.4. The molecular weight excluding hydrogens is 401 g/mol. The zero-order valence-electron chi connectivity index (χ0n) is 13.8. The van der Waals surface area contributed by atoms with Gasteiger partial charge in [0.05, 0.1) is 0 Å². The van der Waals surface area contributed by atoms with E-state index in [9.17, 15) is 4.79 Å². The number of thioether (sulfide) groups is 1. The second-order valence-corrected chi connectivity index (χ2v) is 6.39. The van der Waals surface area contributed by atoms with Gasteiger partial charge in [0.1, 0.15) is 12.1 Å². The number of hydrogen-bond acceptors (Lipinski definition) is 4. The van der Waals surface area contributed by atoms with E-state index in [1.54, 1.807) is 0 Å². The van der Waals surface area contributed by atoms with Crippen molar-refractivity contribution in [2.75, 3.05) is 31.6 Å². The molecule has 0 saturated heterocycles. The summed E-state index contributed by atoms with van der Waals surface area (Å²) in [5.41, 5.74) is -0.462. The maximum atomic E-state index is 11.6. The van der Waals surface area contributed by atoms with Crippen LogP contribution in [0.4, 0.5) is 0 Å². The van der Waals surface area contributed by atoms with Gasteiger partial charge < -0.3 is 15.4 Å². The number of carbonyl (C=O) groups is 1. The summed E-state index contributed by atoms with van der Waals surface area (Å²) in [4.78, 5) is 15.8. The van der Waals surface area contributed by atoms with Gasteiger partial charge in [0.2, 0.25) is 0 Å². The van der Waals surface area contributed by atoms with Crippen LogP contribution in [-0.2, 0) is 9.53 Å².